The van der Waals surface area contributed by atoms with E-state index in [1.807, 2.05) is 59.3 Å². The maximum absolute atomic E-state index is 12.7. The van der Waals surface area contributed by atoms with Gasteiger partial charge in [-0.05, 0) is 134 Å². The average molecular weight is 1140 g/mol. The number of pyridine rings is 1. The van der Waals surface area contributed by atoms with Crippen molar-refractivity contribution in [3.05, 3.63) is 167 Å². The number of aromatic hydroxyl groups is 1. The van der Waals surface area contributed by atoms with E-state index in [4.69, 9.17) is 9.97 Å². The molecule has 0 bridgehead atoms. The van der Waals surface area contributed by atoms with E-state index >= 15 is 0 Å². The molecule has 1 N–H and O–H groups in total. The fraction of sp³-hybridized carbons (Fsp3) is 0.373. The molecule has 0 radical (unpaired) electrons. The molecule has 0 saturated heterocycles. The monoisotopic (exact) mass is 1140 g/mol. The Balaban J connectivity index is 0.00000820. The summed E-state index contributed by atoms with van der Waals surface area (Å²) in [6.07, 6.45) is 5.61. The van der Waals surface area contributed by atoms with Crippen LogP contribution in [0.3, 0.4) is 0 Å². The number of imidazole rings is 1. The Morgan fingerprint density at radius 1 is 0.556 bits per heavy atom. The van der Waals surface area contributed by atoms with E-state index < -0.39 is 12.3 Å². The summed E-state index contributed by atoms with van der Waals surface area (Å²) in [5.74, 6) is 0.582. The smallest absolute Gasteiger partial charge is 0.148 e. The summed E-state index contributed by atoms with van der Waals surface area (Å²) in [5, 5.41) is 12.7. The number of nitrogens with zero attached hydrogens (tertiary/aromatic N) is 3. The number of benzene rings is 6. The molecule has 8 rings (SSSR count). The first-order valence-electron chi connectivity index (χ1n) is 27.5. The SMILES string of the molecule is [2H]C([2H])([2H])c1cc(-c2c(C(C)(CC)CC)cccc2C(C)(CC)CC)ccc1-n1c(-c2cc(C(C)(C)C)cc(C(C)(C)C)c2O)nc2c(-c3[c-]c(-c4cc(-c5ccccc5)ccn4)cc(C(C)(C)C)c3)cccc21.[Pt]. The summed E-state index contributed by atoms with van der Waals surface area (Å²) in [7, 11) is 0. The van der Waals surface area contributed by atoms with Gasteiger partial charge in [0.05, 0.1) is 22.3 Å². The number of aromatic nitrogens is 3. The van der Waals surface area contributed by atoms with Gasteiger partial charge in [-0.15, -0.1) is 29.3 Å². The van der Waals surface area contributed by atoms with E-state index in [9.17, 15) is 9.22 Å². The predicted octanol–water partition coefficient (Wildman–Crippen LogP) is 18.6. The Morgan fingerprint density at radius 3 is 1.74 bits per heavy atom. The summed E-state index contributed by atoms with van der Waals surface area (Å²) in [4.78, 5) is 10.5. The first-order valence-corrected chi connectivity index (χ1v) is 26.0. The summed E-state index contributed by atoms with van der Waals surface area (Å²) < 4.78 is 30.2. The number of rotatable bonds is 12. The van der Waals surface area contributed by atoms with Crippen LogP contribution in [0.2, 0.25) is 0 Å². The maximum atomic E-state index is 12.7. The molecule has 0 fully saturated rings. The first-order chi connectivity index (χ1) is 34.7. The van der Waals surface area contributed by atoms with Crippen LogP contribution >= 0.6 is 0 Å². The quantitative estimate of drug-likeness (QED) is 0.124. The van der Waals surface area contributed by atoms with Gasteiger partial charge in [-0.1, -0.05) is 194 Å². The van der Waals surface area contributed by atoms with Crippen LogP contribution in [-0.2, 0) is 48.1 Å². The minimum absolute atomic E-state index is 0. The number of phenols is 1. The molecule has 72 heavy (non-hydrogen) atoms. The van der Waals surface area contributed by atoms with Crippen LogP contribution in [0, 0.1) is 12.9 Å². The number of para-hydroxylation sites is 1. The average Bonchev–Trinajstić information content (AvgIpc) is 3.76. The maximum Gasteiger partial charge on any atom is 0.148 e. The molecular weight excluding hydrogens is 1060 g/mol. The molecule has 2 heterocycles. The van der Waals surface area contributed by atoms with E-state index in [0.717, 1.165) is 87.0 Å². The van der Waals surface area contributed by atoms with E-state index in [-0.39, 0.29) is 54.0 Å². The molecule has 0 aliphatic rings. The molecule has 6 aromatic carbocycles. The number of aryl methyl sites for hydroxylation is 1. The summed E-state index contributed by atoms with van der Waals surface area (Å²) in [6.45, 7) is 30.7. The molecule has 0 aliphatic heterocycles. The number of hydrogen-bond acceptors (Lipinski definition) is 3. The minimum Gasteiger partial charge on any atom is -0.507 e. The second-order valence-electron chi connectivity index (χ2n) is 23.6. The molecule has 0 spiro atoms. The van der Waals surface area contributed by atoms with Gasteiger partial charge in [-0.3, -0.25) is 9.55 Å². The Bertz CT molecular complexity index is 3320. The second-order valence-corrected chi connectivity index (χ2v) is 23.6. The zero-order valence-electron chi connectivity index (χ0n) is 48.6. The fourth-order valence-electron chi connectivity index (χ4n) is 10.2. The molecule has 0 atom stereocenters. The van der Waals surface area contributed by atoms with Crippen molar-refractivity contribution in [2.75, 3.05) is 0 Å². The molecule has 378 valence electrons. The third-order valence-electron chi connectivity index (χ3n) is 15.9. The number of phenolic OH excluding ortho intramolecular Hbond substituents is 1. The largest absolute Gasteiger partial charge is 0.507 e. The van der Waals surface area contributed by atoms with Gasteiger partial charge in [0.15, 0.2) is 0 Å². The summed E-state index contributed by atoms with van der Waals surface area (Å²) in [5.41, 5.74) is 14.3. The molecule has 0 saturated carbocycles. The van der Waals surface area contributed by atoms with Crippen molar-refractivity contribution < 1.29 is 30.3 Å². The predicted molar refractivity (Wildman–Crippen MR) is 303 cm³/mol. The topological polar surface area (TPSA) is 50.9 Å². The van der Waals surface area contributed by atoms with Crippen molar-refractivity contribution in [1.29, 1.82) is 0 Å². The van der Waals surface area contributed by atoms with Crippen LogP contribution in [0.1, 0.15) is 167 Å². The van der Waals surface area contributed by atoms with Crippen molar-refractivity contribution >= 4 is 11.0 Å². The van der Waals surface area contributed by atoms with Gasteiger partial charge in [-0.25, -0.2) is 4.98 Å². The van der Waals surface area contributed by atoms with Crippen LogP contribution in [0.4, 0.5) is 0 Å². The first kappa shape index (κ1) is 50.0. The standard InChI is InChI=1S/C67H78N3O.Pt/c1-17-66(15,18-2)53-29-25-30-54(67(16,19-3)20-4)59(53)46-32-33-57(43(5)36-46)70-58-31-24-28-51(60(58)69-62(70)52-41-50(64(9,10)11)42-55(61(52)71)65(12,13)14)47-37-48(39-49(38-47)63(6,7)8)56-40-45(34-35-68-56)44-26-22-21-23-27-44;/h21-36,38-42,71H,17-20H2,1-16H3;/q-1;/i5D3;. The van der Waals surface area contributed by atoms with Crippen LogP contribution in [0.15, 0.2) is 128 Å². The van der Waals surface area contributed by atoms with E-state index in [0.29, 0.717) is 28.1 Å². The third-order valence-corrected chi connectivity index (χ3v) is 15.9. The number of hydrogen-bond donors (Lipinski definition) is 1. The molecule has 0 aliphatic carbocycles. The molecule has 0 unspecified atom stereocenters. The Hall–Kier alpha value is -5.57. The molecular formula is C67H78N3OPt-. The zero-order chi connectivity index (χ0) is 53.9. The van der Waals surface area contributed by atoms with Crippen molar-refractivity contribution in [1.82, 2.24) is 14.5 Å². The number of fused-ring (bicyclic) bond motifs is 1. The summed E-state index contributed by atoms with van der Waals surface area (Å²) in [6, 6.07) is 45.7. The third kappa shape index (κ3) is 10.2. The second kappa shape index (κ2) is 20.4. The molecule has 5 heteroatoms. The van der Waals surface area contributed by atoms with Crippen LogP contribution < -0.4 is 0 Å². The van der Waals surface area contributed by atoms with Crippen LogP contribution in [-0.4, -0.2) is 19.6 Å². The Kier molecular flexibility index (Phi) is 14.2. The van der Waals surface area contributed by atoms with Crippen molar-refractivity contribution in [3.8, 4) is 67.5 Å². The van der Waals surface area contributed by atoms with Gasteiger partial charge < -0.3 is 5.11 Å². The van der Waals surface area contributed by atoms with Gasteiger partial charge >= 0.3 is 0 Å². The molecule has 0 amide bonds. The van der Waals surface area contributed by atoms with Crippen molar-refractivity contribution in [2.24, 2.45) is 0 Å². The van der Waals surface area contributed by atoms with Crippen molar-refractivity contribution in [2.45, 2.75) is 163 Å². The fourth-order valence-corrected chi connectivity index (χ4v) is 10.2. The Labute approximate surface area is 451 Å². The summed E-state index contributed by atoms with van der Waals surface area (Å²) >= 11 is 0. The van der Waals surface area contributed by atoms with Crippen LogP contribution in [0.5, 0.6) is 5.75 Å². The molecule has 2 aromatic heterocycles. The minimum atomic E-state index is -2.54. The van der Waals surface area contributed by atoms with Gasteiger partial charge in [0.2, 0.25) is 0 Å². The normalized spacial score (nSPS) is 13.4. The Morgan fingerprint density at radius 2 is 1.15 bits per heavy atom. The van der Waals surface area contributed by atoms with Gasteiger partial charge in [0, 0.05) is 42.6 Å². The van der Waals surface area contributed by atoms with Gasteiger partial charge in [0.1, 0.15) is 11.6 Å². The molecule has 4 nitrogen and oxygen atoms in total. The van der Waals surface area contributed by atoms with E-state index in [1.54, 1.807) is 0 Å². The zero-order valence-corrected chi connectivity index (χ0v) is 47.8. The van der Waals surface area contributed by atoms with Gasteiger partial charge in [0.25, 0.3) is 0 Å². The molecule has 8 aromatic rings. The van der Waals surface area contributed by atoms with Crippen LogP contribution in [0.25, 0.3) is 72.7 Å². The van der Waals surface area contributed by atoms with Crippen molar-refractivity contribution in [3.63, 3.8) is 0 Å². The van der Waals surface area contributed by atoms with E-state index in [1.165, 1.54) is 11.1 Å². The van der Waals surface area contributed by atoms with E-state index in [2.05, 4.69) is 183 Å². The van der Waals surface area contributed by atoms with Gasteiger partial charge in [-0.2, -0.15) is 0 Å².